The smallest absolute Gasteiger partial charge is 0.240 e. The van der Waals surface area contributed by atoms with Crippen LogP contribution in [0, 0.1) is 0 Å². The van der Waals surface area contributed by atoms with Gasteiger partial charge in [-0.3, -0.25) is 4.79 Å². The molecule has 114 valence electrons. The molecule has 0 spiro atoms. The largest absolute Gasteiger partial charge is 0.350 e. The van der Waals surface area contributed by atoms with Gasteiger partial charge in [0.2, 0.25) is 5.91 Å². The van der Waals surface area contributed by atoms with E-state index in [1.165, 1.54) is 5.56 Å². The van der Waals surface area contributed by atoms with Crippen molar-refractivity contribution in [1.29, 1.82) is 0 Å². The van der Waals surface area contributed by atoms with Crippen molar-refractivity contribution in [2.45, 2.75) is 65.1 Å². The van der Waals surface area contributed by atoms with Crippen LogP contribution in [0.5, 0.6) is 0 Å². The Labute approximate surface area is 122 Å². The number of carbonyl (C=O) groups is 1. The van der Waals surface area contributed by atoms with Crippen molar-refractivity contribution < 1.29 is 4.79 Å². The normalized spacial score (nSPS) is 13.2. The summed E-state index contributed by atoms with van der Waals surface area (Å²) in [6, 6.07) is 2.46. The van der Waals surface area contributed by atoms with Crippen molar-refractivity contribution in [3.63, 3.8) is 0 Å². The second-order valence-electron chi connectivity index (χ2n) is 6.03. The van der Waals surface area contributed by atoms with Gasteiger partial charge in [-0.05, 0) is 45.4 Å². The number of nitrogens with zero attached hydrogens (tertiary/aromatic N) is 1. The molecule has 0 saturated heterocycles. The average Bonchev–Trinajstić information content (AvgIpc) is 2.83. The average molecular weight is 279 g/mol. The number of hydrogen-bond acceptors (Lipinski definition) is 2. The van der Waals surface area contributed by atoms with Gasteiger partial charge in [0, 0.05) is 24.0 Å². The number of amides is 1. The van der Waals surface area contributed by atoms with Crippen molar-refractivity contribution >= 4 is 5.91 Å². The summed E-state index contributed by atoms with van der Waals surface area (Å²) in [4.78, 5) is 12.0. The lowest BCUT2D eigenvalue weighted by atomic mass is 10.0. The predicted octanol–water partition coefficient (Wildman–Crippen LogP) is 2.85. The van der Waals surface area contributed by atoms with Gasteiger partial charge in [-0.1, -0.05) is 20.3 Å². The molecule has 1 heterocycles. The molecule has 0 saturated carbocycles. The number of aromatic nitrogens is 1. The summed E-state index contributed by atoms with van der Waals surface area (Å²) in [6.07, 6.45) is 7.22. The van der Waals surface area contributed by atoms with Crippen LogP contribution in [0.25, 0.3) is 0 Å². The Morgan fingerprint density at radius 3 is 2.65 bits per heavy atom. The first-order valence-electron chi connectivity index (χ1n) is 7.55. The highest BCUT2D eigenvalue weighted by Gasteiger charge is 2.18. The van der Waals surface area contributed by atoms with Gasteiger partial charge in [-0.2, -0.15) is 0 Å². The first-order valence-corrected chi connectivity index (χ1v) is 7.55. The standard InChI is InChI=1S/C16H29N3O/c1-6-8-14(17-5)13-9-10-19(11-13)12-15(20)18-16(3,4)7-2/h9-11,14,17H,6-8,12H2,1-5H3,(H,18,20). The van der Waals surface area contributed by atoms with Crippen LogP contribution in [-0.2, 0) is 11.3 Å². The Balaban J connectivity index is 2.61. The van der Waals surface area contributed by atoms with Crippen LogP contribution in [-0.4, -0.2) is 23.1 Å². The van der Waals surface area contributed by atoms with E-state index in [1.54, 1.807) is 0 Å². The summed E-state index contributed by atoms with van der Waals surface area (Å²) in [5.74, 6) is 0.0653. The zero-order valence-corrected chi connectivity index (χ0v) is 13.5. The van der Waals surface area contributed by atoms with Crippen LogP contribution in [0.4, 0.5) is 0 Å². The molecule has 0 aliphatic rings. The first kappa shape index (κ1) is 16.8. The third-order valence-corrected chi connectivity index (χ3v) is 3.79. The minimum atomic E-state index is -0.136. The molecule has 0 aliphatic carbocycles. The molecule has 1 atom stereocenters. The van der Waals surface area contributed by atoms with Crippen LogP contribution < -0.4 is 10.6 Å². The van der Waals surface area contributed by atoms with Gasteiger partial charge in [-0.25, -0.2) is 0 Å². The molecule has 0 fully saturated rings. The maximum absolute atomic E-state index is 12.0. The molecule has 1 aromatic heterocycles. The first-order chi connectivity index (χ1) is 9.41. The summed E-state index contributed by atoms with van der Waals surface area (Å²) in [5, 5.41) is 6.38. The summed E-state index contributed by atoms with van der Waals surface area (Å²) < 4.78 is 1.95. The van der Waals surface area contributed by atoms with Crippen LogP contribution >= 0.6 is 0 Å². The van der Waals surface area contributed by atoms with E-state index in [4.69, 9.17) is 0 Å². The van der Waals surface area contributed by atoms with E-state index in [1.807, 2.05) is 31.7 Å². The molecule has 1 unspecified atom stereocenters. The second kappa shape index (κ2) is 7.48. The van der Waals surface area contributed by atoms with E-state index in [0.717, 1.165) is 19.3 Å². The van der Waals surface area contributed by atoms with Crippen molar-refractivity contribution in [2.24, 2.45) is 0 Å². The third-order valence-electron chi connectivity index (χ3n) is 3.79. The Hall–Kier alpha value is -1.29. The lowest BCUT2D eigenvalue weighted by Crippen LogP contribution is -2.44. The molecule has 4 nitrogen and oxygen atoms in total. The quantitative estimate of drug-likeness (QED) is 0.768. The molecule has 0 aliphatic heterocycles. The SMILES string of the molecule is CCCC(NC)c1ccn(CC(=O)NC(C)(C)CC)c1. The Morgan fingerprint density at radius 1 is 1.40 bits per heavy atom. The Morgan fingerprint density at radius 2 is 2.10 bits per heavy atom. The van der Waals surface area contributed by atoms with Crippen molar-refractivity contribution in [1.82, 2.24) is 15.2 Å². The Bertz CT molecular complexity index is 423. The zero-order valence-electron chi connectivity index (χ0n) is 13.5. The highest BCUT2D eigenvalue weighted by atomic mass is 16.2. The number of rotatable bonds is 8. The van der Waals surface area contributed by atoms with E-state index in [2.05, 4.69) is 36.7 Å². The topological polar surface area (TPSA) is 46.1 Å². The fourth-order valence-corrected chi connectivity index (χ4v) is 2.20. The molecule has 0 aromatic carbocycles. The highest BCUT2D eigenvalue weighted by molar-refractivity contribution is 5.76. The van der Waals surface area contributed by atoms with Gasteiger partial charge in [0.25, 0.3) is 0 Å². The molecule has 20 heavy (non-hydrogen) atoms. The second-order valence-corrected chi connectivity index (χ2v) is 6.03. The maximum Gasteiger partial charge on any atom is 0.240 e. The van der Waals surface area contributed by atoms with Gasteiger partial charge in [0.15, 0.2) is 0 Å². The summed E-state index contributed by atoms with van der Waals surface area (Å²) >= 11 is 0. The summed E-state index contributed by atoms with van der Waals surface area (Å²) in [7, 11) is 1.98. The minimum Gasteiger partial charge on any atom is -0.350 e. The van der Waals surface area contributed by atoms with Gasteiger partial charge in [0.1, 0.15) is 6.54 Å². The molecule has 0 bridgehead atoms. The minimum absolute atomic E-state index is 0.0653. The highest BCUT2D eigenvalue weighted by Crippen LogP contribution is 2.18. The lowest BCUT2D eigenvalue weighted by molar-refractivity contribution is -0.123. The van der Waals surface area contributed by atoms with Crippen LogP contribution in [0.2, 0.25) is 0 Å². The van der Waals surface area contributed by atoms with E-state index in [-0.39, 0.29) is 11.4 Å². The van der Waals surface area contributed by atoms with E-state index >= 15 is 0 Å². The maximum atomic E-state index is 12.0. The third kappa shape index (κ3) is 5.00. The number of carbonyl (C=O) groups excluding carboxylic acids is 1. The van der Waals surface area contributed by atoms with Gasteiger partial charge >= 0.3 is 0 Å². The molecule has 1 amide bonds. The molecular formula is C16H29N3O. The Kier molecular flexibility index (Phi) is 6.27. The predicted molar refractivity (Wildman–Crippen MR) is 83.7 cm³/mol. The molecule has 0 radical (unpaired) electrons. The van der Waals surface area contributed by atoms with Crippen LogP contribution in [0.15, 0.2) is 18.5 Å². The van der Waals surface area contributed by atoms with Gasteiger partial charge in [0.05, 0.1) is 0 Å². The lowest BCUT2D eigenvalue weighted by Gasteiger charge is -2.24. The number of nitrogens with one attached hydrogen (secondary N) is 2. The van der Waals surface area contributed by atoms with E-state index in [0.29, 0.717) is 12.6 Å². The number of hydrogen-bond donors (Lipinski definition) is 2. The van der Waals surface area contributed by atoms with Crippen molar-refractivity contribution in [3.05, 3.63) is 24.0 Å². The molecule has 4 heteroatoms. The van der Waals surface area contributed by atoms with Gasteiger partial charge < -0.3 is 15.2 Å². The molecule has 2 N–H and O–H groups in total. The van der Waals surface area contributed by atoms with E-state index in [9.17, 15) is 4.79 Å². The molecular weight excluding hydrogens is 250 g/mol. The fourth-order valence-electron chi connectivity index (χ4n) is 2.20. The van der Waals surface area contributed by atoms with Crippen molar-refractivity contribution in [3.8, 4) is 0 Å². The zero-order chi connectivity index (χ0) is 15.2. The van der Waals surface area contributed by atoms with Crippen molar-refractivity contribution in [2.75, 3.05) is 7.05 Å². The van der Waals surface area contributed by atoms with Crippen LogP contribution in [0.3, 0.4) is 0 Å². The molecule has 1 aromatic rings. The summed E-state index contributed by atoms with van der Waals surface area (Å²) in [6.45, 7) is 8.73. The fraction of sp³-hybridized carbons (Fsp3) is 0.688. The molecule has 1 rings (SSSR count). The summed E-state index contributed by atoms with van der Waals surface area (Å²) in [5.41, 5.74) is 1.11. The van der Waals surface area contributed by atoms with Gasteiger partial charge in [-0.15, -0.1) is 0 Å². The monoisotopic (exact) mass is 279 g/mol. The van der Waals surface area contributed by atoms with Crippen LogP contribution in [0.1, 0.15) is 58.6 Å². The van der Waals surface area contributed by atoms with E-state index < -0.39 is 0 Å².